The van der Waals surface area contributed by atoms with Gasteiger partial charge >= 0.3 is 0 Å². The number of anilines is 1. The minimum absolute atomic E-state index is 0.131. The van der Waals surface area contributed by atoms with Crippen molar-refractivity contribution in [1.82, 2.24) is 0 Å². The lowest BCUT2D eigenvalue weighted by Crippen LogP contribution is -2.28. The first-order valence-electron chi connectivity index (χ1n) is 5.10. The number of hydrogen-bond donors (Lipinski definition) is 1. The van der Waals surface area contributed by atoms with Crippen molar-refractivity contribution in [2.75, 3.05) is 11.6 Å². The van der Waals surface area contributed by atoms with E-state index in [0.29, 0.717) is 0 Å². The first-order valence-corrected chi connectivity index (χ1v) is 5.48. The van der Waals surface area contributed by atoms with E-state index in [1.807, 2.05) is 0 Å². The fraction of sp³-hybridized carbons (Fsp3) is 0.455. The third kappa shape index (κ3) is 2.83. The van der Waals surface area contributed by atoms with E-state index in [0.717, 1.165) is 24.2 Å². The molecule has 0 amide bonds. The quantitative estimate of drug-likeness (QED) is 0.694. The number of benzene rings is 1. The van der Waals surface area contributed by atoms with Crippen molar-refractivity contribution < 1.29 is 4.39 Å². The summed E-state index contributed by atoms with van der Waals surface area (Å²) < 4.78 is 12.9. The van der Waals surface area contributed by atoms with Gasteiger partial charge < -0.3 is 5.01 Å². The van der Waals surface area contributed by atoms with Gasteiger partial charge in [-0.05, 0) is 24.1 Å². The van der Waals surface area contributed by atoms with Gasteiger partial charge in [-0.25, -0.2) is 10.2 Å². The zero-order valence-electron chi connectivity index (χ0n) is 9.06. The van der Waals surface area contributed by atoms with Gasteiger partial charge in [0.25, 0.3) is 0 Å². The van der Waals surface area contributed by atoms with Crippen molar-refractivity contribution in [3.05, 3.63) is 28.5 Å². The largest absolute Gasteiger partial charge is 0.310 e. The van der Waals surface area contributed by atoms with Crippen LogP contribution in [0.4, 0.5) is 10.1 Å². The average Bonchev–Trinajstić information content (AvgIpc) is 2.51. The Balaban J connectivity index is 0.000000337. The van der Waals surface area contributed by atoms with Crippen LogP contribution < -0.4 is 10.9 Å². The molecule has 1 aliphatic heterocycles. The van der Waals surface area contributed by atoms with Crippen LogP contribution in [0.3, 0.4) is 0 Å². The molecule has 15 heavy (non-hydrogen) atoms. The molecule has 4 heteroatoms. The van der Waals surface area contributed by atoms with Crippen LogP contribution in [0.1, 0.15) is 25.8 Å². The SMILES string of the molecule is CCC.NN1CCc2cc(F)c(Cl)cc21. The summed E-state index contributed by atoms with van der Waals surface area (Å²) in [6.07, 6.45) is 2.04. The van der Waals surface area contributed by atoms with Gasteiger partial charge in [-0.3, -0.25) is 0 Å². The first kappa shape index (κ1) is 12.3. The van der Waals surface area contributed by atoms with E-state index >= 15 is 0 Å². The van der Waals surface area contributed by atoms with Crippen molar-refractivity contribution in [3.8, 4) is 0 Å². The van der Waals surface area contributed by atoms with E-state index in [1.165, 1.54) is 12.5 Å². The van der Waals surface area contributed by atoms with Crippen molar-refractivity contribution in [2.45, 2.75) is 26.7 Å². The number of nitrogens with two attached hydrogens (primary N) is 1. The molecule has 1 heterocycles. The third-order valence-corrected chi connectivity index (χ3v) is 2.34. The lowest BCUT2D eigenvalue weighted by Gasteiger charge is -2.11. The van der Waals surface area contributed by atoms with E-state index in [9.17, 15) is 4.39 Å². The predicted octanol–water partition coefficient (Wildman–Crippen LogP) is 3.13. The third-order valence-electron chi connectivity index (χ3n) is 2.05. The Labute approximate surface area is 94.8 Å². The Morgan fingerprint density at radius 2 is 2.07 bits per heavy atom. The molecule has 1 aromatic rings. The molecule has 2 nitrogen and oxygen atoms in total. The molecule has 1 aliphatic rings. The molecule has 0 bridgehead atoms. The maximum atomic E-state index is 12.9. The van der Waals surface area contributed by atoms with Gasteiger partial charge in [-0.2, -0.15) is 0 Å². The Morgan fingerprint density at radius 1 is 1.47 bits per heavy atom. The molecule has 1 aromatic carbocycles. The Kier molecular flexibility index (Phi) is 4.36. The molecule has 0 spiro atoms. The number of fused-ring (bicyclic) bond motifs is 1. The molecular formula is C11H16ClFN2. The lowest BCUT2D eigenvalue weighted by molar-refractivity contribution is 0.627. The van der Waals surface area contributed by atoms with Crippen molar-refractivity contribution in [3.63, 3.8) is 0 Å². The molecule has 2 N–H and O–H groups in total. The smallest absolute Gasteiger partial charge is 0.142 e. The molecule has 0 unspecified atom stereocenters. The van der Waals surface area contributed by atoms with Crippen molar-refractivity contribution in [1.29, 1.82) is 0 Å². The molecule has 0 saturated heterocycles. The summed E-state index contributed by atoms with van der Waals surface area (Å²) in [7, 11) is 0. The summed E-state index contributed by atoms with van der Waals surface area (Å²) in [4.78, 5) is 0. The minimum atomic E-state index is -0.370. The average molecular weight is 231 g/mol. The fourth-order valence-corrected chi connectivity index (χ4v) is 1.56. The zero-order valence-corrected chi connectivity index (χ0v) is 9.81. The summed E-state index contributed by atoms with van der Waals surface area (Å²) in [5.41, 5.74) is 1.76. The molecule has 2 rings (SSSR count). The van der Waals surface area contributed by atoms with E-state index in [4.69, 9.17) is 17.4 Å². The van der Waals surface area contributed by atoms with Gasteiger partial charge in [-0.1, -0.05) is 31.9 Å². The molecule has 0 atom stereocenters. The van der Waals surface area contributed by atoms with E-state index in [2.05, 4.69) is 13.8 Å². The van der Waals surface area contributed by atoms with E-state index in [1.54, 1.807) is 11.1 Å². The molecule has 84 valence electrons. The summed E-state index contributed by atoms with van der Waals surface area (Å²) in [5, 5.41) is 1.71. The fourth-order valence-electron chi connectivity index (χ4n) is 1.41. The second-order valence-corrected chi connectivity index (χ2v) is 3.95. The van der Waals surface area contributed by atoms with Gasteiger partial charge in [-0.15, -0.1) is 0 Å². The molecule has 0 fully saturated rings. The van der Waals surface area contributed by atoms with Crippen LogP contribution in [0.2, 0.25) is 5.02 Å². The number of halogens is 2. The Bertz CT molecular complexity index is 342. The predicted molar refractivity (Wildman–Crippen MR) is 62.6 cm³/mol. The van der Waals surface area contributed by atoms with Crippen LogP contribution in [0, 0.1) is 5.82 Å². The van der Waals surface area contributed by atoms with Gasteiger partial charge in [0.15, 0.2) is 0 Å². The number of rotatable bonds is 0. The molecular weight excluding hydrogens is 215 g/mol. The Hall–Kier alpha value is -0.800. The number of hydrogen-bond acceptors (Lipinski definition) is 2. The first-order chi connectivity index (χ1) is 7.10. The van der Waals surface area contributed by atoms with Crippen molar-refractivity contribution >= 4 is 17.3 Å². The molecule has 0 aromatic heterocycles. The summed E-state index contributed by atoms with van der Waals surface area (Å²) in [5.74, 6) is 5.25. The minimum Gasteiger partial charge on any atom is -0.310 e. The van der Waals surface area contributed by atoms with Crippen LogP contribution >= 0.6 is 11.6 Å². The van der Waals surface area contributed by atoms with Gasteiger partial charge in [0.05, 0.1) is 10.7 Å². The molecule has 0 saturated carbocycles. The number of nitrogens with zero attached hydrogens (tertiary/aromatic N) is 1. The second-order valence-electron chi connectivity index (χ2n) is 3.55. The summed E-state index contributed by atoms with van der Waals surface area (Å²) in [6.45, 7) is 4.98. The standard InChI is InChI=1S/C8H8ClFN2.C3H8/c9-6-4-8-5(3-7(6)10)1-2-12(8)11;1-3-2/h3-4H,1-2,11H2;3H2,1-2H3. The van der Waals surface area contributed by atoms with E-state index < -0.39 is 0 Å². The maximum Gasteiger partial charge on any atom is 0.142 e. The maximum absolute atomic E-state index is 12.9. The van der Waals surface area contributed by atoms with E-state index in [-0.39, 0.29) is 10.8 Å². The zero-order chi connectivity index (χ0) is 11.4. The van der Waals surface area contributed by atoms with Gasteiger partial charge in [0.2, 0.25) is 0 Å². The normalized spacial score (nSPS) is 13.3. The highest BCUT2D eigenvalue weighted by molar-refractivity contribution is 6.31. The topological polar surface area (TPSA) is 29.3 Å². The lowest BCUT2D eigenvalue weighted by atomic mass is 10.2. The van der Waals surface area contributed by atoms with Gasteiger partial charge in [0.1, 0.15) is 5.82 Å². The highest BCUT2D eigenvalue weighted by atomic mass is 35.5. The molecule has 0 radical (unpaired) electrons. The second kappa shape index (κ2) is 5.33. The monoisotopic (exact) mass is 230 g/mol. The highest BCUT2D eigenvalue weighted by Crippen LogP contribution is 2.30. The Morgan fingerprint density at radius 3 is 2.67 bits per heavy atom. The van der Waals surface area contributed by atoms with Crippen LogP contribution in [0.5, 0.6) is 0 Å². The van der Waals surface area contributed by atoms with Crippen LogP contribution in [-0.4, -0.2) is 6.54 Å². The highest BCUT2D eigenvalue weighted by Gasteiger charge is 2.18. The number of hydrazine groups is 1. The van der Waals surface area contributed by atoms with Crippen LogP contribution in [0.25, 0.3) is 0 Å². The summed E-state index contributed by atoms with van der Waals surface area (Å²) >= 11 is 5.60. The van der Waals surface area contributed by atoms with Crippen LogP contribution in [0.15, 0.2) is 12.1 Å². The summed E-state index contributed by atoms with van der Waals surface area (Å²) in [6, 6.07) is 3.02. The van der Waals surface area contributed by atoms with Crippen LogP contribution in [-0.2, 0) is 6.42 Å². The molecule has 0 aliphatic carbocycles. The van der Waals surface area contributed by atoms with Crippen molar-refractivity contribution in [2.24, 2.45) is 5.84 Å². The van der Waals surface area contributed by atoms with Gasteiger partial charge in [0, 0.05) is 6.54 Å².